The Morgan fingerprint density at radius 3 is 2.50 bits per heavy atom. The summed E-state index contributed by atoms with van der Waals surface area (Å²) in [6.45, 7) is 8.99. The highest BCUT2D eigenvalue weighted by atomic mass is 16.1. The Balaban J connectivity index is 4.07. The first-order valence-corrected chi connectivity index (χ1v) is 6.19. The lowest BCUT2D eigenvalue weighted by Crippen LogP contribution is -2.53. The molecule has 1 atom stereocenters. The van der Waals surface area contributed by atoms with Crippen molar-refractivity contribution in [1.82, 2.24) is 10.2 Å². The molecule has 1 unspecified atom stereocenters. The molecule has 0 fully saturated rings. The zero-order valence-corrected chi connectivity index (χ0v) is 11.2. The summed E-state index contributed by atoms with van der Waals surface area (Å²) in [7, 11) is 2.08. The van der Waals surface area contributed by atoms with Gasteiger partial charge in [-0.2, -0.15) is 0 Å². The second-order valence-electron chi connectivity index (χ2n) is 4.62. The molecule has 0 bridgehead atoms. The quantitative estimate of drug-likeness (QED) is 0.619. The van der Waals surface area contributed by atoms with Gasteiger partial charge in [-0.05, 0) is 52.9 Å². The maximum atomic E-state index is 11.4. The summed E-state index contributed by atoms with van der Waals surface area (Å²) in [4.78, 5) is 13.7. The second-order valence-corrected chi connectivity index (χ2v) is 4.62. The predicted octanol–water partition coefficient (Wildman–Crippen LogP) is 0.962. The molecule has 16 heavy (non-hydrogen) atoms. The molecule has 0 saturated carbocycles. The minimum absolute atomic E-state index is 0.250. The molecule has 0 aromatic rings. The van der Waals surface area contributed by atoms with Gasteiger partial charge in [0.05, 0.1) is 5.54 Å². The van der Waals surface area contributed by atoms with Gasteiger partial charge in [0, 0.05) is 0 Å². The van der Waals surface area contributed by atoms with Crippen molar-refractivity contribution in [3.05, 3.63) is 0 Å². The van der Waals surface area contributed by atoms with Crippen LogP contribution in [0.3, 0.4) is 0 Å². The third-order valence-electron chi connectivity index (χ3n) is 3.07. The summed E-state index contributed by atoms with van der Waals surface area (Å²) in [5.41, 5.74) is 4.90. The monoisotopic (exact) mass is 229 g/mol. The van der Waals surface area contributed by atoms with Crippen LogP contribution < -0.4 is 11.1 Å². The molecular weight excluding hydrogens is 202 g/mol. The molecule has 0 aliphatic carbocycles. The van der Waals surface area contributed by atoms with E-state index in [4.69, 9.17) is 5.73 Å². The van der Waals surface area contributed by atoms with Gasteiger partial charge in [0.1, 0.15) is 0 Å². The summed E-state index contributed by atoms with van der Waals surface area (Å²) in [5, 5.41) is 3.24. The lowest BCUT2D eigenvalue weighted by molar-refractivity contribution is -0.124. The molecule has 0 radical (unpaired) electrons. The first-order chi connectivity index (χ1) is 7.46. The molecular formula is C12H27N3O. The van der Waals surface area contributed by atoms with Crippen molar-refractivity contribution in [1.29, 1.82) is 0 Å². The highest BCUT2D eigenvalue weighted by Crippen LogP contribution is 2.12. The fraction of sp³-hybridized carbons (Fsp3) is 0.917. The van der Waals surface area contributed by atoms with E-state index in [1.54, 1.807) is 0 Å². The third-order valence-corrected chi connectivity index (χ3v) is 3.07. The average molecular weight is 229 g/mol. The number of nitrogens with two attached hydrogens (primary N) is 1. The second kappa shape index (κ2) is 7.63. The van der Waals surface area contributed by atoms with E-state index in [1.807, 2.05) is 6.92 Å². The summed E-state index contributed by atoms with van der Waals surface area (Å²) in [5.74, 6) is -0.250. The van der Waals surface area contributed by atoms with E-state index in [1.165, 1.54) is 0 Å². The zero-order chi connectivity index (χ0) is 12.6. The van der Waals surface area contributed by atoms with Gasteiger partial charge < -0.3 is 16.0 Å². The fourth-order valence-corrected chi connectivity index (χ4v) is 1.56. The molecule has 0 spiro atoms. The summed E-state index contributed by atoms with van der Waals surface area (Å²) < 4.78 is 0. The van der Waals surface area contributed by atoms with Gasteiger partial charge in [-0.25, -0.2) is 0 Å². The number of nitrogens with one attached hydrogen (secondary N) is 1. The minimum Gasteiger partial charge on any atom is -0.368 e. The number of rotatable bonds is 9. The van der Waals surface area contributed by atoms with Crippen LogP contribution in [-0.4, -0.2) is 43.0 Å². The van der Waals surface area contributed by atoms with Crippen molar-refractivity contribution in [2.45, 2.75) is 45.6 Å². The van der Waals surface area contributed by atoms with Crippen LogP contribution in [-0.2, 0) is 4.79 Å². The lowest BCUT2D eigenvalue weighted by atomic mass is 9.94. The van der Waals surface area contributed by atoms with Gasteiger partial charge in [-0.3, -0.25) is 4.79 Å². The van der Waals surface area contributed by atoms with Crippen molar-refractivity contribution < 1.29 is 4.79 Å². The van der Waals surface area contributed by atoms with Gasteiger partial charge in [-0.15, -0.1) is 0 Å². The van der Waals surface area contributed by atoms with Crippen molar-refractivity contribution >= 4 is 5.91 Å². The smallest absolute Gasteiger partial charge is 0.237 e. The average Bonchev–Trinajstić information content (AvgIpc) is 2.25. The number of nitrogens with zero attached hydrogens (tertiary/aromatic N) is 1. The van der Waals surface area contributed by atoms with Crippen LogP contribution in [0, 0.1) is 0 Å². The Hall–Kier alpha value is -0.610. The number of carbonyl (C=O) groups is 1. The van der Waals surface area contributed by atoms with Crippen molar-refractivity contribution in [2.75, 3.05) is 26.7 Å². The molecule has 0 aliphatic rings. The highest BCUT2D eigenvalue weighted by Gasteiger charge is 2.29. The molecule has 0 rings (SSSR count). The Bertz CT molecular complexity index is 208. The van der Waals surface area contributed by atoms with Gasteiger partial charge in [-0.1, -0.05) is 13.8 Å². The van der Waals surface area contributed by atoms with Crippen molar-refractivity contribution in [2.24, 2.45) is 5.73 Å². The first-order valence-electron chi connectivity index (χ1n) is 6.19. The van der Waals surface area contributed by atoms with Crippen molar-refractivity contribution in [3.63, 3.8) is 0 Å². The lowest BCUT2D eigenvalue weighted by Gasteiger charge is -2.28. The molecule has 1 amide bonds. The molecule has 0 aromatic carbocycles. The standard InChI is InChI=1S/C12H27N3O/c1-5-9-14-12(3,11(13)16)8-7-10-15(4)6-2/h14H,5-10H2,1-4H3,(H2,13,16). The van der Waals surface area contributed by atoms with E-state index in [2.05, 4.69) is 31.1 Å². The summed E-state index contributed by atoms with van der Waals surface area (Å²) in [6, 6.07) is 0. The van der Waals surface area contributed by atoms with Crippen LogP contribution in [0.25, 0.3) is 0 Å². The SMILES string of the molecule is CCCNC(C)(CCCN(C)CC)C(N)=O. The third kappa shape index (κ3) is 5.47. The number of amides is 1. The van der Waals surface area contributed by atoms with E-state index in [0.29, 0.717) is 0 Å². The predicted molar refractivity (Wildman–Crippen MR) is 68.3 cm³/mol. The Labute approximate surface area is 99.6 Å². The van der Waals surface area contributed by atoms with Crippen LogP contribution in [0.4, 0.5) is 0 Å². The maximum absolute atomic E-state index is 11.4. The van der Waals surface area contributed by atoms with Crippen LogP contribution in [0.15, 0.2) is 0 Å². The molecule has 0 saturated heterocycles. The normalized spacial score (nSPS) is 15.1. The van der Waals surface area contributed by atoms with Crippen LogP contribution in [0.2, 0.25) is 0 Å². The van der Waals surface area contributed by atoms with E-state index in [-0.39, 0.29) is 5.91 Å². The number of hydrogen-bond acceptors (Lipinski definition) is 3. The Morgan fingerprint density at radius 2 is 2.06 bits per heavy atom. The Morgan fingerprint density at radius 1 is 1.44 bits per heavy atom. The molecule has 4 nitrogen and oxygen atoms in total. The van der Waals surface area contributed by atoms with Crippen LogP contribution in [0.1, 0.15) is 40.0 Å². The van der Waals surface area contributed by atoms with E-state index in [9.17, 15) is 4.79 Å². The van der Waals surface area contributed by atoms with E-state index >= 15 is 0 Å². The molecule has 96 valence electrons. The molecule has 0 aliphatic heterocycles. The van der Waals surface area contributed by atoms with Gasteiger partial charge >= 0.3 is 0 Å². The number of carbonyl (C=O) groups excluding carboxylic acids is 1. The van der Waals surface area contributed by atoms with Crippen LogP contribution in [0.5, 0.6) is 0 Å². The fourth-order valence-electron chi connectivity index (χ4n) is 1.56. The molecule has 0 heterocycles. The summed E-state index contributed by atoms with van der Waals surface area (Å²) in [6.07, 6.45) is 2.80. The summed E-state index contributed by atoms with van der Waals surface area (Å²) >= 11 is 0. The van der Waals surface area contributed by atoms with Crippen molar-refractivity contribution in [3.8, 4) is 0 Å². The molecule has 4 heteroatoms. The largest absolute Gasteiger partial charge is 0.368 e. The van der Waals surface area contributed by atoms with E-state index in [0.717, 1.165) is 38.9 Å². The Kier molecular flexibility index (Phi) is 7.34. The van der Waals surface area contributed by atoms with Gasteiger partial charge in [0.15, 0.2) is 0 Å². The maximum Gasteiger partial charge on any atom is 0.237 e. The number of primary amides is 1. The van der Waals surface area contributed by atoms with Gasteiger partial charge in [0.25, 0.3) is 0 Å². The van der Waals surface area contributed by atoms with E-state index < -0.39 is 5.54 Å². The number of hydrogen-bond donors (Lipinski definition) is 2. The van der Waals surface area contributed by atoms with Gasteiger partial charge in [0.2, 0.25) is 5.91 Å². The first kappa shape index (κ1) is 15.4. The molecule has 3 N–H and O–H groups in total. The topological polar surface area (TPSA) is 58.4 Å². The van der Waals surface area contributed by atoms with Crippen LogP contribution >= 0.6 is 0 Å². The highest BCUT2D eigenvalue weighted by molar-refractivity contribution is 5.84. The molecule has 0 aromatic heterocycles. The minimum atomic E-state index is -0.551. The zero-order valence-electron chi connectivity index (χ0n) is 11.2.